The molecule has 44 heavy (non-hydrogen) atoms. The Bertz CT molecular complexity index is 1690. The van der Waals surface area contributed by atoms with E-state index < -0.39 is 29.2 Å². The summed E-state index contributed by atoms with van der Waals surface area (Å²) in [4.78, 5) is 27.3. The summed E-state index contributed by atoms with van der Waals surface area (Å²) < 4.78 is 21.9. The van der Waals surface area contributed by atoms with Crippen LogP contribution < -0.4 is 11.2 Å². The SMILES string of the molecule is Cc1ccc(CO[C@H]2C[C@H](n3cc(I)c(=O)[nH]c3=O)O[C@@H]2COC(c2ccccc2)(c2ccccc2)c2ccccc2)cc1. The van der Waals surface area contributed by atoms with Crippen molar-refractivity contribution in [1.29, 1.82) is 0 Å². The first-order valence-electron chi connectivity index (χ1n) is 14.6. The van der Waals surface area contributed by atoms with Gasteiger partial charge < -0.3 is 14.2 Å². The highest BCUT2D eigenvalue weighted by Gasteiger charge is 2.43. The highest BCUT2D eigenvalue weighted by Crippen LogP contribution is 2.42. The number of rotatable bonds is 10. The van der Waals surface area contributed by atoms with Crippen LogP contribution >= 0.6 is 22.6 Å². The number of H-pyrrole nitrogens is 1. The minimum Gasteiger partial charge on any atom is -0.371 e. The summed E-state index contributed by atoms with van der Waals surface area (Å²) in [6.07, 6.45) is 0.436. The molecule has 0 saturated carbocycles. The largest absolute Gasteiger partial charge is 0.371 e. The van der Waals surface area contributed by atoms with Gasteiger partial charge in [-0.3, -0.25) is 14.3 Å². The van der Waals surface area contributed by atoms with Crippen molar-refractivity contribution in [2.24, 2.45) is 0 Å². The molecule has 6 rings (SSSR count). The molecule has 0 unspecified atom stereocenters. The second kappa shape index (κ2) is 13.4. The quantitative estimate of drug-likeness (QED) is 0.136. The summed E-state index contributed by atoms with van der Waals surface area (Å²) >= 11 is 1.92. The van der Waals surface area contributed by atoms with Crippen LogP contribution in [-0.4, -0.2) is 28.4 Å². The van der Waals surface area contributed by atoms with Crippen molar-refractivity contribution >= 4 is 22.6 Å². The fraction of sp³-hybridized carbons (Fsp3) is 0.222. The van der Waals surface area contributed by atoms with Crippen molar-refractivity contribution in [3.63, 3.8) is 0 Å². The molecule has 1 aliphatic heterocycles. The van der Waals surface area contributed by atoms with Crippen molar-refractivity contribution in [1.82, 2.24) is 9.55 Å². The highest BCUT2D eigenvalue weighted by atomic mass is 127. The topological polar surface area (TPSA) is 82.6 Å². The molecule has 1 aromatic heterocycles. The van der Waals surface area contributed by atoms with E-state index in [1.165, 1.54) is 16.3 Å². The van der Waals surface area contributed by atoms with Crippen molar-refractivity contribution in [2.45, 2.75) is 44.0 Å². The summed E-state index contributed by atoms with van der Waals surface area (Å²) in [7, 11) is 0. The summed E-state index contributed by atoms with van der Waals surface area (Å²) in [6.45, 7) is 2.62. The first-order valence-corrected chi connectivity index (χ1v) is 15.7. The number of hydrogen-bond donors (Lipinski definition) is 1. The van der Waals surface area contributed by atoms with Crippen molar-refractivity contribution in [3.05, 3.63) is 174 Å². The van der Waals surface area contributed by atoms with Crippen molar-refractivity contribution in [2.75, 3.05) is 6.61 Å². The van der Waals surface area contributed by atoms with Crippen LogP contribution in [0.5, 0.6) is 0 Å². The van der Waals surface area contributed by atoms with E-state index in [4.69, 9.17) is 14.2 Å². The molecule has 0 bridgehead atoms. The van der Waals surface area contributed by atoms with E-state index in [9.17, 15) is 9.59 Å². The first-order chi connectivity index (χ1) is 21.4. The van der Waals surface area contributed by atoms with Crippen LogP contribution in [0.25, 0.3) is 0 Å². The molecule has 1 aliphatic rings. The molecule has 7 nitrogen and oxygen atoms in total. The van der Waals surface area contributed by atoms with Crippen LogP contribution in [-0.2, 0) is 26.4 Å². The monoisotopic (exact) mass is 700 g/mol. The van der Waals surface area contributed by atoms with Gasteiger partial charge in [0.05, 0.1) is 22.9 Å². The van der Waals surface area contributed by atoms with E-state index in [0.29, 0.717) is 16.6 Å². The number of aromatic nitrogens is 2. The van der Waals surface area contributed by atoms with E-state index in [1.807, 2.05) is 89.3 Å². The molecule has 0 spiro atoms. The molecule has 224 valence electrons. The van der Waals surface area contributed by atoms with E-state index in [1.54, 1.807) is 0 Å². The maximum atomic E-state index is 12.8. The Morgan fingerprint density at radius 2 is 1.39 bits per heavy atom. The van der Waals surface area contributed by atoms with Crippen LogP contribution in [0.2, 0.25) is 0 Å². The van der Waals surface area contributed by atoms with E-state index in [0.717, 1.165) is 22.3 Å². The summed E-state index contributed by atoms with van der Waals surface area (Å²) in [5.41, 5.74) is 3.29. The normalized spacial score (nSPS) is 18.4. The Kier molecular flexibility index (Phi) is 9.22. The van der Waals surface area contributed by atoms with Crippen molar-refractivity contribution in [3.8, 4) is 0 Å². The summed E-state index contributed by atoms with van der Waals surface area (Å²) in [6, 6.07) is 38.7. The van der Waals surface area contributed by atoms with Gasteiger partial charge in [0.1, 0.15) is 17.9 Å². The van der Waals surface area contributed by atoms with Gasteiger partial charge in [0.15, 0.2) is 0 Å². The van der Waals surface area contributed by atoms with E-state index in [-0.39, 0.29) is 12.7 Å². The Morgan fingerprint density at radius 1 is 0.841 bits per heavy atom. The smallest absolute Gasteiger partial charge is 0.330 e. The predicted molar refractivity (Wildman–Crippen MR) is 177 cm³/mol. The zero-order valence-electron chi connectivity index (χ0n) is 24.3. The lowest BCUT2D eigenvalue weighted by atomic mass is 9.80. The van der Waals surface area contributed by atoms with Crippen LogP contribution in [0, 0.1) is 10.5 Å². The Balaban J connectivity index is 1.36. The average Bonchev–Trinajstić information content (AvgIpc) is 3.47. The molecule has 1 fully saturated rings. The van der Waals surface area contributed by atoms with E-state index in [2.05, 4.69) is 60.4 Å². The molecule has 0 radical (unpaired) electrons. The van der Waals surface area contributed by atoms with Crippen LogP contribution in [0.1, 0.15) is 40.5 Å². The van der Waals surface area contributed by atoms with Gasteiger partial charge in [0.25, 0.3) is 5.56 Å². The van der Waals surface area contributed by atoms with Gasteiger partial charge in [-0.1, -0.05) is 121 Å². The molecule has 0 amide bonds. The fourth-order valence-corrected chi connectivity index (χ4v) is 6.17. The lowest BCUT2D eigenvalue weighted by molar-refractivity contribution is -0.106. The number of halogens is 1. The fourth-order valence-electron chi connectivity index (χ4n) is 5.73. The maximum absolute atomic E-state index is 12.8. The third-order valence-electron chi connectivity index (χ3n) is 8.00. The molecular weight excluding hydrogens is 667 g/mol. The molecule has 1 N–H and O–H groups in total. The first kappa shape index (κ1) is 30.2. The van der Waals surface area contributed by atoms with Crippen LogP contribution in [0.4, 0.5) is 0 Å². The molecular formula is C36H33IN2O5. The number of nitrogens with one attached hydrogen (secondary N) is 1. The minimum absolute atomic E-state index is 0.183. The molecule has 5 aromatic rings. The number of ether oxygens (including phenoxy) is 3. The zero-order valence-corrected chi connectivity index (χ0v) is 26.4. The molecule has 3 atom stereocenters. The number of aromatic amines is 1. The highest BCUT2D eigenvalue weighted by molar-refractivity contribution is 14.1. The van der Waals surface area contributed by atoms with Gasteiger partial charge >= 0.3 is 5.69 Å². The standard InChI is InChI=1S/C36H33IN2O5/c1-25-17-19-26(20-18-25)23-42-31-21-33(39-22-30(37)34(40)38-35(39)41)44-32(31)24-43-36(27-11-5-2-6-12-27,28-13-7-3-8-14-28)29-15-9-4-10-16-29/h2-20,22,31-33H,21,23-24H2,1H3,(H,38,40,41)/t31-,32+,33+/m0/s1. The summed E-state index contributed by atoms with van der Waals surface area (Å²) in [5, 5.41) is 0. The maximum Gasteiger partial charge on any atom is 0.330 e. The third kappa shape index (κ3) is 6.34. The predicted octanol–water partition coefficient (Wildman–Crippen LogP) is 6.33. The minimum atomic E-state index is -0.934. The Hall–Kier alpha value is -3.83. The average molecular weight is 701 g/mol. The number of aryl methyl sites for hydroxylation is 1. The van der Waals surface area contributed by atoms with Gasteiger partial charge in [-0.2, -0.15) is 0 Å². The van der Waals surface area contributed by atoms with Gasteiger partial charge in [-0.15, -0.1) is 0 Å². The number of hydrogen-bond acceptors (Lipinski definition) is 5. The summed E-state index contributed by atoms with van der Waals surface area (Å²) in [5.74, 6) is 0. The molecule has 8 heteroatoms. The third-order valence-corrected chi connectivity index (χ3v) is 8.77. The molecule has 2 heterocycles. The van der Waals surface area contributed by atoms with Crippen molar-refractivity contribution < 1.29 is 14.2 Å². The Morgan fingerprint density at radius 3 is 1.93 bits per heavy atom. The van der Waals surface area contributed by atoms with Gasteiger partial charge in [0.2, 0.25) is 0 Å². The van der Waals surface area contributed by atoms with Gasteiger partial charge in [-0.05, 0) is 51.8 Å². The molecule has 1 saturated heterocycles. The number of nitrogens with zero attached hydrogens (tertiary/aromatic N) is 1. The number of benzene rings is 4. The van der Waals surface area contributed by atoms with Crippen LogP contribution in [0.15, 0.2) is 131 Å². The molecule has 4 aromatic carbocycles. The second-order valence-electron chi connectivity index (χ2n) is 10.9. The van der Waals surface area contributed by atoms with E-state index >= 15 is 0 Å². The molecule has 0 aliphatic carbocycles. The van der Waals surface area contributed by atoms with Gasteiger partial charge in [0, 0.05) is 12.6 Å². The van der Waals surface area contributed by atoms with Gasteiger partial charge in [-0.25, -0.2) is 4.79 Å². The Labute approximate surface area is 269 Å². The van der Waals surface area contributed by atoms with Crippen LogP contribution in [0.3, 0.4) is 0 Å². The second-order valence-corrected chi connectivity index (χ2v) is 12.1. The lowest BCUT2D eigenvalue weighted by Gasteiger charge is -2.37. The lowest BCUT2D eigenvalue weighted by Crippen LogP contribution is -2.38. The zero-order chi connectivity index (χ0) is 30.5.